The molecule has 0 saturated heterocycles. The van der Waals surface area contributed by atoms with Gasteiger partial charge in [-0.2, -0.15) is 0 Å². The van der Waals surface area contributed by atoms with Gasteiger partial charge in [0, 0.05) is 43.9 Å². The third-order valence-electron chi connectivity index (χ3n) is 5.35. The van der Waals surface area contributed by atoms with E-state index in [1.165, 1.54) is 21.1 Å². The van der Waals surface area contributed by atoms with Crippen molar-refractivity contribution in [3.8, 4) is 23.0 Å². The van der Waals surface area contributed by atoms with Crippen molar-refractivity contribution in [2.45, 2.75) is 46.8 Å². The average molecular weight is 631 g/mol. The van der Waals surface area contributed by atoms with Crippen LogP contribution in [0.2, 0.25) is 5.02 Å². The minimum Gasteiger partial charge on any atom is -0.606 e. The molecule has 0 radical (unpaired) electrons. The fraction of sp³-hybridized carbons (Fsp3) is 0.346. The zero-order valence-corrected chi connectivity index (χ0v) is 23.8. The molecule has 0 aliphatic rings. The van der Waals surface area contributed by atoms with Gasteiger partial charge in [-0.05, 0) is 55.7 Å². The van der Waals surface area contributed by atoms with E-state index in [1.54, 1.807) is 42.5 Å². The van der Waals surface area contributed by atoms with Gasteiger partial charge in [-0.15, -0.1) is 0 Å². The van der Waals surface area contributed by atoms with Crippen LogP contribution in [0, 0.1) is 0 Å². The topological polar surface area (TPSA) is 77.0 Å². The second-order valence-electron chi connectivity index (χ2n) is 7.74. The van der Waals surface area contributed by atoms with Crippen LogP contribution >= 0.6 is 34.2 Å². The quantitative estimate of drug-likeness (QED) is 0.0569. The third kappa shape index (κ3) is 6.67. The molecule has 0 aliphatic heterocycles. The Labute approximate surface area is 227 Å². The lowest BCUT2D eigenvalue weighted by Gasteiger charge is -2.20. The number of methoxy groups -OCH3 is 2. The fourth-order valence-electron chi connectivity index (χ4n) is 3.61. The lowest BCUT2D eigenvalue weighted by molar-refractivity contribution is -0.131. The summed E-state index contributed by atoms with van der Waals surface area (Å²) in [5.41, 5.74) is 0. The van der Waals surface area contributed by atoms with E-state index in [1.807, 2.05) is 0 Å². The van der Waals surface area contributed by atoms with Crippen LogP contribution in [0.3, 0.4) is 0 Å². The van der Waals surface area contributed by atoms with Crippen molar-refractivity contribution in [3.63, 3.8) is 0 Å². The first-order valence-corrected chi connectivity index (χ1v) is 13.9. The van der Waals surface area contributed by atoms with E-state index >= 15 is 0 Å². The standard InChI is InChI=1S/C26H28ClIO6S/c1-5-18(28)7-6-14-33-23-22-15-20(35(30)19-10-8-17(27)9-11-19)12-13-21(22)24(34-16(2)29)26(32-4)25(23)31-3/h8-13,15,18H,5-7,14H2,1-4H3. The maximum Gasteiger partial charge on any atom is 0.308 e. The van der Waals surface area contributed by atoms with Crippen LogP contribution in [-0.4, -0.2) is 35.3 Å². The van der Waals surface area contributed by atoms with Crippen LogP contribution in [0.4, 0.5) is 0 Å². The maximum absolute atomic E-state index is 13.3. The summed E-state index contributed by atoms with van der Waals surface area (Å²) in [5.74, 6) is 0.749. The molecule has 3 aromatic carbocycles. The van der Waals surface area contributed by atoms with E-state index in [4.69, 9.17) is 30.5 Å². The highest BCUT2D eigenvalue weighted by molar-refractivity contribution is 14.1. The summed E-state index contributed by atoms with van der Waals surface area (Å²) in [4.78, 5) is 13.1. The SMILES string of the molecule is CCC(I)CCCOc1c(OC)c(OC)c(OC(C)=O)c2ccc([S+]([O-])c3ccc(Cl)cc3)cc12. The Bertz CT molecular complexity index is 1170. The number of hydrogen-bond acceptors (Lipinski definition) is 6. The highest BCUT2D eigenvalue weighted by atomic mass is 127. The summed E-state index contributed by atoms with van der Waals surface area (Å²) in [6.45, 7) is 3.95. The van der Waals surface area contributed by atoms with E-state index in [9.17, 15) is 9.35 Å². The number of carbonyl (C=O) groups excluding carboxylic acids is 1. The van der Waals surface area contributed by atoms with Gasteiger partial charge in [0.25, 0.3) is 0 Å². The van der Waals surface area contributed by atoms with E-state index < -0.39 is 17.1 Å². The van der Waals surface area contributed by atoms with Crippen LogP contribution in [0.5, 0.6) is 23.0 Å². The number of halogens is 2. The normalized spacial score (nSPS) is 12.8. The number of esters is 1. The average Bonchev–Trinajstić information content (AvgIpc) is 2.86. The summed E-state index contributed by atoms with van der Waals surface area (Å²) in [5, 5.41) is 1.77. The second-order valence-corrected chi connectivity index (χ2v) is 11.4. The summed E-state index contributed by atoms with van der Waals surface area (Å²) >= 11 is 6.97. The lowest BCUT2D eigenvalue weighted by Crippen LogP contribution is -2.08. The summed E-state index contributed by atoms with van der Waals surface area (Å²) in [6.07, 6.45) is 2.97. The van der Waals surface area contributed by atoms with Gasteiger partial charge in [0.1, 0.15) is 0 Å². The number of hydrogen-bond donors (Lipinski definition) is 0. The molecule has 3 rings (SSSR count). The molecule has 188 valence electrons. The zero-order chi connectivity index (χ0) is 25.5. The van der Waals surface area contributed by atoms with E-state index in [0.29, 0.717) is 47.6 Å². The number of benzene rings is 3. The van der Waals surface area contributed by atoms with Crippen molar-refractivity contribution >= 4 is 62.1 Å². The third-order valence-corrected chi connectivity index (χ3v) is 8.48. The Morgan fingerprint density at radius 1 is 1.00 bits per heavy atom. The van der Waals surface area contributed by atoms with Gasteiger partial charge in [0.2, 0.25) is 11.5 Å². The molecule has 2 unspecified atom stereocenters. The number of ether oxygens (including phenoxy) is 4. The largest absolute Gasteiger partial charge is 0.606 e. The molecule has 3 aromatic rings. The Balaban J connectivity index is 2.14. The highest BCUT2D eigenvalue weighted by Gasteiger charge is 2.27. The first-order chi connectivity index (χ1) is 16.8. The molecule has 9 heteroatoms. The summed E-state index contributed by atoms with van der Waals surface area (Å²) < 4.78 is 36.9. The molecule has 0 amide bonds. The summed E-state index contributed by atoms with van der Waals surface area (Å²) in [7, 11) is 2.98. The molecule has 0 aliphatic carbocycles. The van der Waals surface area contributed by atoms with Crippen molar-refractivity contribution in [1.29, 1.82) is 0 Å². The Hall–Kier alpha value is -1.88. The van der Waals surface area contributed by atoms with Crippen LogP contribution in [0.1, 0.15) is 33.1 Å². The lowest BCUT2D eigenvalue weighted by atomic mass is 10.1. The molecule has 0 saturated carbocycles. The molecule has 6 nitrogen and oxygen atoms in total. The van der Waals surface area contributed by atoms with Gasteiger partial charge in [-0.1, -0.05) is 41.1 Å². The minimum absolute atomic E-state index is 0.223. The molecular formula is C26H28ClIO6S. The predicted octanol–water partition coefficient (Wildman–Crippen LogP) is 6.98. The van der Waals surface area contributed by atoms with Gasteiger partial charge in [0.05, 0.1) is 20.8 Å². The van der Waals surface area contributed by atoms with Crippen molar-refractivity contribution in [1.82, 2.24) is 0 Å². The molecule has 0 aromatic heterocycles. The summed E-state index contributed by atoms with van der Waals surface area (Å²) in [6, 6.07) is 12.1. The van der Waals surface area contributed by atoms with Crippen molar-refractivity contribution in [2.75, 3.05) is 20.8 Å². The number of rotatable bonds is 11. The Kier molecular flexibility index (Phi) is 10.2. The molecule has 0 bridgehead atoms. The van der Waals surface area contributed by atoms with Gasteiger partial charge in [0.15, 0.2) is 21.3 Å². The van der Waals surface area contributed by atoms with Crippen molar-refractivity contribution in [2.24, 2.45) is 0 Å². The van der Waals surface area contributed by atoms with E-state index in [0.717, 1.165) is 19.3 Å². The smallest absolute Gasteiger partial charge is 0.308 e. The number of fused-ring (bicyclic) bond motifs is 1. The minimum atomic E-state index is -1.46. The van der Waals surface area contributed by atoms with E-state index in [2.05, 4.69) is 29.5 Å². The molecule has 2 atom stereocenters. The van der Waals surface area contributed by atoms with Crippen LogP contribution in [0.15, 0.2) is 52.3 Å². The van der Waals surface area contributed by atoms with Crippen molar-refractivity contribution < 1.29 is 28.3 Å². The highest BCUT2D eigenvalue weighted by Crippen LogP contribution is 2.51. The fourth-order valence-corrected chi connectivity index (χ4v) is 5.25. The molecule has 0 spiro atoms. The van der Waals surface area contributed by atoms with Crippen molar-refractivity contribution in [3.05, 3.63) is 47.5 Å². The first kappa shape index (κ1) is 27.7. The van der Waals surface area contributed by atoms with Gasteiger partial charge in [-0.3, -0.25) is 4.79 Å². The molecule has 0 heterocycles. The number of alkyl halides is 1. The molecule has 0 fully saturated rings. The molecular weight excluding hydrogens is 603 g/mol. The van der Waals surface area contributed by atoms with Crippen LogP contribution in [0.25, 0.3) is 10.8 Å². The van der Waals surface area contributed by atoms with Gasteiger partial charge in [-0.25, -0.2) is 0 Å². The molecule has 0 N–H and O–H groups in total. The Morgan fingerprint density at radius 2 is 1.63 bits per heavy atom. The van der Waals surface area contributed by atoms with E-state index in [-0.39, 0.29) is 11.5 Å². The first-order valence-electron chi connectivity index (χ1n) is 11.1. The van der Waals surface area contributed by atoms with Crippen LogP contribution in [-0.2, 0) is 16.0 Å². The van der Waals surface area contributed by atoms with Gasteiger partial charge >= 0.3 is 5.97 Å². The second kappa shape index (κ2) is 12.9. The monoisotopic (exact) mass is 630 g/mol. The maximum atomic E-state index is 13.3. The van der Waals surface area contributed by atoms with Gasteiger partial charge < -0.3 is 23.5 Å². The zero-order valence-electron chi connectivity index (χ0n) is 20.1. The molecule has 35 heavy (non-hydrogen) atoms. The Morgan fingerprint density at radius 3 is 2.23 bits per heavy atom. The van der Waals surface area contributed by atoms with Crippen LogP contribution < -0.4 is 18.9 Å². The number of carbonyl (C=O) groups is 1. The predicted molar refractivity (Wildman–Crippen MR) is 147 cm³/mol.